The van der Waals surface area contributed by atoms with Crippen LogP contribution in [0.4, 0.5) is 5.69 Å². The topological polar surface area (TPSA) is 51.5 Å². The summed E-state index contributed by atoms with van der Waals surface area (Å²) < 4.78 is 11.2. The van der Waals surface area contributed by atoms with Gasteiger partial charge in [-0.25, -0.2) is 0 Å². The number of hydrogen-bond acceptors (Lipinski definition) is 3. The van der Waals surface area contributed by atoms with Crippen LogP contribution in [0.1, 0.15) is 24.2 Å². The first-order valence-corrected chi connectivity index (χ1v) is 7.13. The van der Waals surface area contributed by atoms with Gasteiger partial charge < -0.3 is 14.5 Å². The highest BCUT2D eigenvalue weighted by Crippen LogP contribution is 2.26. The number of carbonyl (C=O) groups excluding carboxylic acids is 1. The minimum absolute atomic E-state index is 0.244. The van der Waals surface area contributed by atoms with Gasteiger partial charge in [0.25, 0.3) is 5.91 Å². The molecular weight excluding hydrogens is 322 g/mol. The number of hydrogen-bond donors (Lipinski definition) is 1. The normalized spacial score (nSPS) is 10.6. The fourth-order valence-electron chi connectivity index (χ4n) is 1.60. The van der Waals surface area contributed by atoms with Crippen LogP contribution in [0, 0.1) is 5.92 Å². The lowest BCUT2D eigenvalue weighted by Gasteiger charge is -2.13. The summed E-state index contributed by atoms with van der Waals surface area (Å²) in [5, 5.41) is 2.82. The molecule has 0 radical (unpaired) electrons. The van der Waals surface area contributed by atoms with E-state index in [9.17, 15) is 4.79 Å². The van der Waals surface area contributed by atoms with Gasteiger partial charge in [-0.15, -0.1) is 0 Å². The number of carbonyl (C=O) groups is 1. The average molecular weight is 338 g/mol. The van der Waals surface area contributed by atoms with E-state index in [1.54, 1.807) is 6.07 Å². The standard InChI is InChI=1S/C15H16BrNO3/c1-10(2)9-20-13-6-4-3-5-12(13)17-15(18)11-7-8-19-14(11)16/h3-8,10H,9H2,1-2H3,(H,17,18). The van der Waals surface area contributed by atoms with E-state index < -0.39 is 0 Å². The van der Waals surface area contributed by atoms with Crippen LogP contribution in [0.5, 0.6) is 5.75 Å². The molecule has 2 rings (SSSR count). The SMILES string of the molecule is CC(C)COc1ccccc1NC(=O)c1ccoc1Br. The zero-order valence-electron chi connectivity index (χ0n) is 11.4. The molecule has 106 valence electrons. The third-order valence-corrected chi connectivity index (χ3v) is 3.18. The lowest BCUT2D eigenvalue weighted by atomic mass is 10.2. The Morgan fingerprint density at radius 1 is 1.35 bits per heavy atom. The smallest absolute Gasteiger partial charge is 0.260 e. The van der Waals surface area contributed by atoms with Gasteiger partial charge in [-0.05, 0) is 40.0 Å². The monoisotopic (exact) mass is 337 g/mol. The molecule has 4 nitrogen and oxygen atoms in total. The van der Waals surface area contributed by atoms with Crippen LogP contribution in [0.2, 0.25) is 0 Å². The number of nitrogens with one attached hydrogen (secondary N) is 1. The van der Waals surface area contributed by atoms with Crippen LogP contribution in [0.15, 0.2) is 45.7 Å². The highest BCUT2D eigenvalue weighted by Gasteiger charge is 2.14. The number of amides is 1. The van der Waals surface area contributed by atoms with Crippen LogP contribution in [0.25, 0.3) is 0 Å². The van der Waals surface area contributed by atoms with Crippen LogP contribution < -0.4 is 10.1 Å². The molecule has 0 bridgehead atoms. The zero-order valence-corrected chi connectivity index (χ0v) is 12.9. The molecule has 0 saturated carbocycles. The fourth-order valence-corrected chi connectivity index (χ4v) is 2.02. The van der Waals surface area contributed by atoms with Gasteiger partial charge in [0.05, 0.1) is 24.1 Å². The number of anilines is 1. The van der Waals surface area contributed by atoms with E-state index in [0.29, 0.717) is 34.2 Å². The molecule has 0 aliphatic rings. The molecule has 1 aromatic carbocycles. The van der Waals surface area contributed by atoms with E-state index in [1.807, 2.05) is 24.3 Å². The minimum atomic E-state index is -0.244. The predicted molar refractivity (Wildman–Crippen MR) is 81.1 cm³/mol. The van der Waals surface area contributed by atoms with E-state index >= 15 is 0 Å². The highest BCUT2D eigenvalue weighted by atomic mass is 79.9. The Hall–Kier alpha value is -1.75. The maximum atomic E-state index is 12.1. The van der Waals surface area contributed by atoms with Crippen LogP contribution in [-0.2, 0) is 0 Å². The Morgan fingerprint density at radius 3 is 2.75 bits per heavy atom. The molecule has 1 amide bonds. The van der Waals surface area contributed by atoms with E-state index in [2.05, 4.69) is 35.1 Å². The van der Waals surface area contributed by atoms with Crippen molar-refractivity contribution in [3.63, 3.8) is 0 Å². The zero-order chi connectivity index (χ0) is 14.5. The van der Waals surface area contributed by atoms with E-state index in [-0.39, 0.29) is 5.91 Å². The van der Waals surface area contributed by atoms with Gasteiger partial charge in [0.2, 0.25) is 0 Å². The number of ether oxygens (including phenoxy) is 1. The van der Waals surface area contributed by atoms with Gasteiger partial charge in [0.15, 0.2) is 4.67 Å². The van der Waals surface area contributed by atoms with Crippen molar-refractivity contribution in [2.75, 3.05) is 11.9 Å². The molecular formula is C15H16BrNO3. The van der Waals surface area contributed by atoms with Crippen molar-refractivity contribution in [3.05, 3.63) is 46.8 Å². The van der Waals surface area contributed by atoms with Gasteiger partial charge in [0.1, 0.15) is 5.75 Å². The molecule has 2 aromatic rings. The molecule has 1 heterocycles. The first-order valence-electron chi connectivity index (χ1n) is 6.34. The van der Waals surface area contributed by atoms with Gasteiger partial charge in [-0.2, -0.15) is 0 Å². The molecule has 0 aliphatic carbocycles. The molecule has 20 heavy (non-hydrogen) atoms. The third-order valence-electron chi connectivity index (χ3n) is 2.57. The molecule has 0 saturated heterocycles. The summed E-state index contributed by atoms with van der Waals surface area (Å²) in [5.41, 5.74) is 1.09. The Balaban J connectivity index is 2.13. The Bertz CT molecular complexity index is 592. The van der Waals surface area contributed by atoms with Crippen molar-refractivity contribution in [1.29, 1.82) is 0 Å². The Morgan fingerprint density at radius 2 is 2.10 bits per heavy atom. The second-order valence-electron chi connectivity index (χ2n) is 4.76. The van der Waals surface area contributed by atoms with Crippen molar-refractivity contribution < 1.29 is 13.9 Å². The number of benzene rings is 1. The summed E-state index contributed by atoms with van der Waals surface area (Å²) in [6.45, 7) is 4.75. The Kier molecular flexibility index (Phi) is 4.84. The van der Waals surface area contributed by atoms with Crippen LogP contribution in [0.3, 0.4) is 0 Å². The summed E-state index contributed by atoms with van der Waals surface area (Å²) in [6, 6.07) is 8.97. The number of para-hydroxylation sites is 2. The predicted octanol–water partition coefficient (Wildman–Crippen LogP) is 4.33. The second kappa shape index (κ2) is 6.61. The summed E-state index contributed by atoms with van der Waals surface area (Å²) in [7, 11) is 0. The van der Waals surface area contributed by atoms with Gasteiger partial charge in [0, 0.05) is 0 Å². The van der Waals surface area contributed by atoms with Crippen molar-refractivity contribution in [1.82, 2.24) is 0 Å². The summed E-state index contributed by atoms with van der Waals surface area (Å²) in [6.07, 6.45) is 1.46. The first kappa shape index (κ1) is 14.7. The van der Waals surface area contributed by atoms with Crippen molar-refractivity contribution in [2.45, 2.75) is 13.8 Å². The van der Waals surface area contributed by atoms with E-state index in [4.69, 9.17) is 9.15 Å². The second-order valence-corrected chi connectivity index (χ2v) is 5.48. The number of furan rings is 1. The molecule has 0 unspecified atom stereocenters. The Labute approximate surface area is 126 Å². The summed E-state index contributed by atoms with van der Waals surface area (Å²) in [5.74, 6) is 0.835. The maximum Gasteiger partial charge on any atom is 0.260 e. The molecule has 0 fully saturated rings. The van der Waals surface area contributed by atoms with Crippen LogP contribution >= 0.6 is 15.9 Å². The maximum absolute atomic E-state index is 12.1. The van der Waals surface area contributed by atoms with Gasteiger partial charge in [-0.3, -0.25) is 4.79 Å². The van der Waals surface area contributed by atoms with Crippen molar-refractivity contribution >= 4 is 27.5 Å². The quantitative estimate of drug-likeness (QED) is 0.883. The lowest BCUT2D eigenvalue weighted by Crippen LogP contribution is -2.13. The van der Waals surface area contributed by atoms with E-state index in [0.717, 1.165) is 0 Å². The fraction of sp³-hybridized carbons (Fsp3) is 0.267. The van der Waals surface area contributed by atoms with Gasteiger partial charge >= 0.3 is 0 Å². The van der Waals surface area contributed by atoms with Gasteiger partial charge in [-0.1, -0.05) is 26.0 Å². The van der Waals surface area contributed by atoms with Crippen molar-refractivity contribution in [3.8, 4) is 5.75 Å². The minimum Gasteiger partial charge on any atom is -0.491 e. The average Bonchev–Trinajstić information content (AvgIpc) is 2.84. The first-order chi connectivity index (χ1) is 9.58. The van der Waals surface area contributed by atoms with Crippen molar-refractivity contribution in [2.24, 2.45) is 5.92 Å². The molecule has 1 N–H and O–H groups in total. The highest BCUT2D eigenvalue weighted by molar-refractivity contribution is 9.10. The summed E-state index contributed by atoms with van der Waals surface area (Å²) >= 11 is 3.19. The number of halogens is 1. The van der Waals surface area contributed by atoms with E-state index in [1.165, 1.54) is 6.26 Å². The van der Waals surface area contributed by atoms with Crippen LogP contribution in [-0.4, -0.2) is 12.5 Å². The largest absolute Gasteiger partial charge is 0.491 e. The third kappa shape index (κ3) is 3.63. The number of rotatable bonds is 5. The molecule has 0 spiro atoms. The molecule has 0 atom stereocenters. The summed E-state index contributed by atoms with van der Waals surface area (Å²) in [4.78, 5) is 12.1. The molecule has 5 heteroatoms. The molecule has 1 aromatic heterocycles. The lowest BCUT2D eigenvalue weighted by molar-refractivity contribution is 0.102. The molecule has 0 aliphatic heterocycles.